The van der Waals surface area contributed by atoms with Crippen molar-refractivity contribution < 1.29 is 0 Å². The van der Waals surface area contributed by atoms with Crippen LogP contribution < -0.4 is 0 Å². The normalized spacial score (nSPS) is 18.0. The van der Waals surface area contributed by atoms with Gasteiger partial charge >= 0.3 is 0 Å². The summed E-state index contributed by atoms with van der Waals surface area (Å²) in [5, 5.41) is 0. The highest BCUT2D eigenvalue weighted by Crippen LogP contribution is 2.49. The lowest BCUT2D eigenvalue weighted by molar-refractivity contribution is 0.528. The van der Waals surface area contributed by atoms with E-state index in [9.17, 15) is 0 Å². The first kappa shape index (κ1) is 27.2. The van der Waals surface area contributed by atoms with Gasteiger partial charge in [-0.05, 0) is 97.2 Å². The summed E-state index contributed by atoms with van der Waals surface area (Å²) < 4.78 is 2.47. The monoisotopic (exact) mass is 494 g/mol. The average Bonchev–Trinajstić information content (AvgIpc) is 3.05. The third-order valence-corrected chi connectivity index (χ3v) is 8.19. The zero-order valence-corrected chi connectivity index (χ0v) is 24.4. The number of rotatable bonds is 3. The minimum atomic E-state index is 0.444. The Morgan fingerprint density at radius 2 is 1.35 bits per heavy atom. The molecule has 4 aromatic rings. The fraction of sp³-hybridized carbons (Fsp3) is 0.457. The van der Waals surface area contributed by atoms with Gasteiger partial charge in [-0.2, -0.15) is 0 Å². The second-order valence-corrected chi connectivity index (χ2v) is 10.6. The van der Waals surface area contributed by atoms with Crippen molar-refractivity contribution in [2.45, 2.75) is 105 Å². The van der Waals surface area contributed by atoms with Gasteiger partial charge in [0, 0.05) is 5.56 Å². The quantitative estimate of drug-likeness (QED) is 0.277. The third kappa shape index (κ3) is 4.88. The average molecular weight is 495 g/mol. The van der Waals surface area contributed by atoms with Crippen LogP contribution in [0.5, 0.6) is 0 Å². The van der Waals surface area contributed by atoms with Gasteiger partial charge in [-0.3, -0.25) is 4.57 Å². The molecule has 3 aliphatic rings. The van der Waals surface area contributed by atoms with E-state index in [0.717, 1.165) is 23.2 Å². The van der Waals surface area contributed by atoms with Crippen LogP contribution in [0.25, 0.3) is 28.1 Å². The topological polar surface area (TPSA) is 17.8 Å². The van der Waals surface area contributed by atoms with Gasteiger partial charge in [0.2, 0.25) is 0 Å². The number of para-hydroxylation sites is 1. The number of hydrogen-bond acceptors (Lipinski definition) is 1. The molecule has 3 aliphatic carbocycles. The zero-order valence-electron chi connectivity index (χ0n) is 24.4. The molecule has 1 saturated carbocycles. The lowest BCUT2D eigenvalue weighted by atomic mass is 9.78. The minimum Gasteiger partial charge on any atom is -0.292 e. The first-order chi connectivity index (χ1) is 18.0. The van der Waals surface area contributed by atoms with Crippen LogP contribution in [0, 0.1) is 13.8 Å². The molecule has 1 heterocycles. The van der Waals surface area contributed by atoms with E-state index in [4.69, 9.17) is 4.98 Å². The zero-order chi connectivity index (χ0) is 26.7. The Kier molecular flexibility index (Phi) is 8.57. The second-order valence-electron chi connectivity index (χ2n) is 10.6. The van der Waals surface area contributed by atoms with Gasteiger partial charge in [0.05, 0.1) is 16.7 Å². The van der Waals surface area contributed by atoms with Gasteiger partial charge in [-0.15, -0.1) is 0 Å². The molecule has 0 aliphatic heterocycles. The Balaban J connectivity index is 0.000000765. The van der Waals surface area contributed by atoms with Gasteiger partial charge in [0.1, 0.15) is 5.82 Å². The summed E-state index contributed by atoms with van der Waals surface area (Å²) >= 11 is 0. The molecule has 2 atom stereocenters. The molecular formula is C35H46N2. The number of fused-ring (bicyclic) bond motifs is 4. The van der Waals surface area contributed by atoms with Gasteiger partial charge in [-0.25, -0.2) is 4.98 Å². The van der Waals surface area contributed by atoms with Crippen molar-refractivity contribution in [3.05, 3.63) is 82.4 Å². The summed E-state index contributed by atoms with van der Waals surface area (Å²) in [5.41, 5.74) is 12.1. The smallest absolute Gasteiger partial charge is 0.146 e. The maximum atomic E-state index is 5.37. The molecule has 0 amide bonds. The van der Waals surface area contributed by atoms with Crippen molar-refractivity contribution in [3.63, 3.8) is 0 Å². The molecule has 37 heavy (non-hydrogen) atoms. The van der Waals surface area contributed by atoms with Crippen molar-refractivity contribution in [2.24, 2.45) is 0 Å². The summed E-state index contributed by atoms with van der Waals surface area (Å²) in [4.78, 5) is 5.37. The number of benzene rings is 3. The molecule has 7 rings (SSSR count). The maximum absolute atomic E-state index is 5.37. The van der Waals surface area contributed by atoms with Gasteiger partial charge in [0.25, 0.3) is 0 Å². The summed E-state index contributed by atoms with van der Waals surface area (Å²) in [7, 11) is 0. The largest absolute Gasteiger partial charge is 0.292 e. The highest BCUT2D eigenvalue weighted by Gasteiger charge is 2.32. The molecular weight excluding hydrogens is 448 g/mol. The minimum absolute atomic E-state index is 0.444. The van der Waals surface area contributed by atoms with E-state index in [1.807, 2.05) is 27.7 Å². The SMILES string of the molecule is CC.CC.Cc1cccc(C)c1-n1c(-c2ccccc2C(C)C)nc2cc3c(cc21)C1CCCC3CC1. The van der Waals surface area contributed by atoms with Crippen molar-refractivity contribution >= 4 is 11.0 Å². The Labute approximate surface area is 225 Å². The van der Waals surface area contributed by atoms with Gasteiger partial charge in [0.15, 0.2) is 0 Å². The van der Waals surface area contributed by atoms with Crippen molar-refractivity contribution in [2.75, 3.05) is 0 Å². The number of nitrogens with zero attached hydrogens (tertiary/aromatic N) is 2. The van der Waals surface area contributed by atoms with E-state index in [2.05, 4.69) is 86.9 Å². The maximum Gasteiger partial charge on any atom is 0.146 e. The third-order valence-electron chi connectivity index (χ3n) is 8.19. The Bertz CT molecular complexity index is 1330. The van der Waals surface area contributed by atoms with Crippen molar-refractivity contribution in [1.82, 2.24) is 9.55 Å². The highest BCUT2D eigenvalue weighted by molar-refractivity contribution is 5.86. The Morgan fingerprint density at radius 3 is 1.97 bits per heavy atom. The van der Waals surface area contributed by atoms with E-state index in [1.54, 1.807) is 11.1 Å². The summed E-state index contributed by atoms with van der Waals surface area (Å²) in [6.45, 7) is 17.0. The predicted octanol–water partition coefficient (Wildman–Crippen LogP) is 10.6. The van der Waals surface area contributed by atoms with Crippen LogP contribution in [0.3, 0.4) is 0 Å². The molecule has 0 radical (unpaired) electrons. The highest BCUT2D eigenvalue weighted by atomic mass is 15.1. The summed E-state index contributed by atoms with van der Waals surface area (Å²) in [6.07, 6.45) is 6.75. The van der Waals surface area contributed by atoms with Crippen LogP contribution in [0.2, 0.25) is 0 Å². The van der Waals surface area contributed by atoms with Crippen LogP contribution in [-0.4, -0.2) is 9.55 Å². The molecule has 2 bridgehead atoms. The number of hydrogen-bond donors (Lipinski definition) is 0. The first-order valence-electron chi connectivity index (χ1n) is 14.7. The molecule has 3 aromatic carbocycles. The first-order valence-corrected chi connectivity index (χ1v) is 14.7. The standard InChI is InChI=1S/C31H34N2.2C2H6/c1-19(2)24-13-5-6-14-25(24)31-32-28-17-26-22-11-8-12-23(16-15-22)27(26)18-29(28)33(31)30-20(3)9-7-10-21(30)4;2*1-2/h5-7,9-10,13-14,17-19,22-23H,8,11-12,15-16H2,1-4H3;2*1-2H3. The fourth-order valence-corrected chi connectivity index (χ4v) is 6.56. The van der Waals surface area contributed by atoms with E-state index >= 15 is 0 Å². The van der Waals surface area contributed by atoms with Gasteiger partial charge < -0.3 is 0 Å². The van der Waals surface area contributed by atoms with Crippen LogP contribution in [0.4, 0.5) is 0 Å². The Morgan fingerprint density at radius 1 is 0.757 bits per heavy atom. The second kappa shape index (κ2) is 11.7. The Hall–Kier alpha value is -2.87. The van der Waals surface area contributed by atoms with Crippen molar-refractivity contribution in [3.8, 4) is 17.1 Å². The van der Waals surface area contributed by atoms with Crippen LogP contribution in [0.1, 0.15) is 119 Å². The molecule has 2 heteroatoms. The number of aryl methyl sites for hydroxylation is 2. The van der Waals surface area contributed by atoms with Crippen LogP contribution >= 0.6 is 0 Å². The summed E-state index contributed by atoms with van der Waals surface area (Å²) in [5.74, 6) is 2.97. The van der Waals surface area contributed by atoms with E-state index in [-0.39, 0.29) is 0 Å². The molecule has 1 aromatic heterocycles. The number of aromatic nitrogens is 2. The predicted molar refractivity (Wildman–Crippen MR) is 161 cm³/mol. The van der Waals surface area contributed by atoms with E-state index < -0.39 is 0 Å². The van der Waals surface area contributed by atoms with E-state index in [1.165, 1.54) is 65.6 Å². The lowest BCUT2D eigenvalue weighted by Gasteiger charge is -2.27. The van der Waals surface area contributed by atoms with Crippen LogP contribution in [0.15, 0.2) is 54.6 Å². The molecule has 0 saturated heterocycles. The van der Waals surface area contributed by atoms with Crippen molar-refractivity contribution in [1.29, 1.82) is 0 Å². The number of imidazole rings is 1. The molecule has 196 valence electrons. The van der Waals surface area contributed by atoms with Crippen LogP contribution in [-0.2, 0) is 0 Å². The molecule has 0 N–H and O–H groups in total. The van der Waals surface area contributed by atoms with E-state index in [0.29, 0.717) is 5.92 Å². The molecule has 2 unspecified atom stereocenters. The molecule has 1 fully saturated rings. The lowest BCUT2D eigenvalue weighted by Crippen LogP contribution is -2.11. The molecule has 2 nitrogen and oxygen atoms in total. The molecule has 0 spiro atoms. The van der Waals surface area contributed by atoms with Gasteiger partial charge in [-0.1, -0.05) is 90.4 Å². The fourth-order valence-electron chi connectivity index (χ4n) is 6.56. The summed E-state index contributed by atoms with van der Waals surface area (Å²) in [6, 6.07) is 20.5.